The molecule has 0 radical (unpaired) electrons. The highest BCUT2D eigenvalue weighted by atomic mass is 32.1. The van der Waals surface area contributed by atoms with Crippen LogP contribution in [0.2, 0.25) is 0 Å². The van der Waals surface area contributed by atoms with E-state index in [9.17, 15) is 9.59 Å². The third-order valence-electron chi connectivity index (χ3n) is 3.43. The van der Waals surface area contributed by atoms with Gasteiger partial charge in [0.05, 0.1) is 17.5 Å². The predicted octanol–water partition coefficient (Wildman–Crippen LogP) is 0.770. The Bertz CT molecular complexity index is 354. The fourth-order valence-corrected chi connectivity index (χ4v) is 2.51. The minimum atomic E-state index is -0.448. The first-order valence-electron chi connectivity index (χ1n) is 6.79. The van der Waals surface area contributed by atoms with Crippen molar-refractivity contribution in [2.45, 2.75) is 32.6 Å². The van der Waals surface area contributed by atoms with E-state index in [0.717, 1.165) is 32.4 Å². The van der Waals surface area contributed by atoms with E-state index in [1.165, 1.54) is 4.90 Å². The van der Waals surface area contributed by atoms with E-state index in [0.29, 0.717) is 6.42 Å². The molecule has 6 heteroatoms. The maximum atomic E-state index is 12.2. The van der Waals surface area contributed by atoms with E-state index in [4.69, 9.17) is 18.0 Å². The van der Waals surface area contributed by atoms with Gasteiger partial charge in [-0.2, -0.15) is 0 Å². The number of hydrogen-bond acceptors (Lipinski definition) is 3. The van der Waals surface area contributed by atoms with Crippen LogP contribution in [0, 0.1) is 5.92 Å². The SMILES string of the molecule is CCCC(C(=O)N(C)CC(=O)N1CCCC1)C(N)=S. The van der Waals surface area contributed by atoms with E-state index in [1.54, 1.807) is 11.9 Å². The Kier molecular flexibility index (Phi) is 6.21. The van der Waals surface area contributed by atoms with Crippen LogP contribution in [0.3, 0.4) is 0 Å². The van der Waals surface area contributed by atoms with Gasteiger partial charge in [0.2, 0.25) is 11.8 Å². The zero-order valence-electron chi connectivity index (χ0n) is 11.7. The quantitative estimate of drug-likeness (QED) is 0.732. The van der Waals surface area contributed by atoms with Crippen LogP contribution in [-0.2, 0) is 9.59 Å². The molecular formula is C13H23N3O2S. The first kappa shape index (κ1) is 15.9. The Hall–Kier alpha value is -1.17. The molecule has 1 rings (SSSR count). The molecule has 1 unspecified atom stereocenters. The van der Waals surface area contributed by atoms with Gasteiger partial charge >= 0.3 is 0 Å². The summed E-state index contributed by atoms with van der Waals surface area (Å²) >= 11 is 4.93. The molecule has 5 nitrogen and oxygen atoms in total. The van der Waals surface area contributed by atoms with E-state index < -0.39 is 5.92 Å². The smallest absolute Gasteiger partial charge is 0.242 e. The number of nitrogens with two attached hydrogens (primary N) is 1. The topological polar surface area (TPSA) is 66.6 Å². The number of carbonyl (C=O) groups is 2. The average molecular weight is 285 g/mol. The third-order valence-corrected chi connectivity index (χ3v) is 3.71. The van der Waals surface area contributed by atoms with Gasteiger partial charge < -0.3 is 15.5 Å². The molecule has 0 spiro atoms. The molecule has 19 heavy (non-hydrogen) atoms. The molecule has 0 aromatic carbocycles. The molecule has 0 saturated carbocycles. The summed E-state index contributed by atoms with van der Waals surface area (Å²) in [5.41, 5.74) is 5.60. The zero-order valence-corrected chi connectivity index (χ0v) is 12.5. The van der Waals surface area contributed by atoms with Gasteiger partial charge in [-0.15, -0.1) is 0 Å². The maximum Gasteiger partial charge on any atom is 0.242 e. The van der Waals surface area contributed by atoms with Crippen LogP contribution in [0.15, 0.2) is 0 Å². The highest BCUT2D eigenvalue weighted by Gasteiger charge is 2.27. The van der Waals surface area contributed by atoms with E-state index in [-0.39, 0.29) is 23.3 Å². The lowest BCUT2D eigenvalue weighted by molar-refractivity contribution is -0.140. The van der Waals surface area contributed by atoms with Crippen molar-refractivity contribution in [2.75, 3.05) is 26.7 Å². The number of amides is 2. The number of rotatable bonds is 6. The summed E-state index contributed by atoms with van der Waals surface area (Å²) in [6, 6.07) is 0. The van der Waals surface area contributed by atoms with Crippen molar-refractivity contribution < 1.29 is 9.59 Å². The van der Waals surface area contributed by atoms with Crippen molar-refractivity contribution in [1.82, 2.24) is 9.80 Å². The number of hydrogen-bond donors (Lipinski definition) is 1. The van der Waals surface area contributed by atoms with Crippen molar-refractivity contribution in [3.8, 4) is 0 Å². The van der Waals surface area contributed by atoms with Crippen molar-refractivity contribution in [3.05, 3.63) is 0 Å². The van der Waals surface area contributed by atoms with Gasteiger partial charge in [-0.1, -0.05) is 25.6 Å². The first-order valence-corrected chi connectivity index (χ1v) is 7.20. The molecule has 0 aromatic rings. The fourth-order valence-electron chi connectivity index (χ4n) is 2.29. The molecule has 1 fully saturated rings. The van der Waals surface area contributed by atoms with E-state index >= 15 is 0 Å². The second-order valence-electron chi connectivity index (χ2n) is 5.03. The third kappa shape index (κ3) is 4.45. The van der Waals surface area contributed by atoms with Gasteiger partial charge in [-0.25, -0.2) is 0 Å². The number of carbonyl (C=O) groups excluding carboxylic acids is 2. The summed E-state index contributed by atoms with van der Waals surface area (Å²) in [6.07, 6.45) is 3.57. The largest absolute Gasteiger partial charge is 0.393 e. The molecule has 1 aliphatic heterocycles. The summed E-state index contributed by atoms with van der Waals surface area (Å²) in [5.74, 6) is -0.593. The second kappa shape index (κ2) is 7.43. The Morgan fingerprint density at radius 3 is 2.42 bits per heavy atom. The number of thiocarbonyl (C=S) groups is 1. The van der Waals surface area contributed by atoms with Crippen LogP contribution < -0.4 is 5.73 Å². The Morgan fingerprint density at radius 2 is 1.95 bits per heavy atom. The molecule has 0 bridgehead atoms. The van der Waals surface area contributed by atoms with Crippen LogP contribution in [0.1, 0.15) is 32.6 Å². The second-order valence-corrected chi connectivity index (χ2v) is 5.50. The van der Waals surface area contributed by atoms with Crippen molar-refractivity contribution in [1.29, 1.82) is 0 Å². The molecule has 0 aliphatic carbocycles. The van der Waals surface area contributed by atoms with Crippen molar-refractivity contribution >= 4 is 29.0 Å². The summed E-state index contributed by atoms with van der Waals surface area (Å²) in [6.45, 7) is 3.69. The molecule has 2 N–H and O–H groups in total. The molecule has 2 amide bonds. The van der Waals surface area contributed by atoms with Crippen LogP contribution in [0.25, 0.3) is 0 Å². The summed E-state index contributed by atoms with van der Waals surface area (Å²) in [4.78, 5) is 27.7. The lowest BCUT2D eigenvalue weighted by atomic mass is 10.0. The van der Waals surface area contributed by atoms with Crippen LogP contribution in [-0.4, -0.2) is 53.3 Å². The number of nitrogens with zero attached hydrogens (tertiary/aromatic N) is 2. The van der Waals surface area contributed by atoms with Gasteiger partial charge in [0, 0.05) is 20.1 Å². The van der Waals surface area contributed by atoms with Gasteiger partial charge in [-0.05, 0) is 19.3 Å². The molecular weight excluding hydrogens is 262 g/mol. The minimum Gasteiger partial charge on any atom is -0.393 e. The normalized spacial score (nSPS) is 16.2. The van der Waals surface area contributed by atoms with E-state index in [1.807, 2.05) is 6.92 Å². The molecule has 1 atom stereocenters. The summed E-state index contributed by atoms with van der Waals surface area (Å²) in [5, 5.41) is 0. The van der Waals surface area contributed by atoms with Crippen LogP contribution in [0.4, 0.5) is 0 Å². The summed E-state index contributed by atoms with van der Waals surface area (Å²) < 4.78 is 0. The minimum absolute atomic E-state index is 0.00605. The van der Waals surface area contributed by atoms with Crippen molar-refractivity contribution in [2.24, 2.45) is 11.7 Å². The Morgan fingerprint density at radius 1 is 1.37 bits per heavy atom. The highest BCUT2D eigenvalue weighted by Crippen LogP contribution is 2.12. The molecule has 0 aromatic heterocycles. The van der Waals surface area contributed by atoms with Gasteiger partial charge in [-0.3, -0.25) is 9.59 Å². The lowest BCUT2D eigenvalue weighted by Gasteiger charge is -2.24. The Balaban J connectivity index is 2.55. The number of likely N-dealkylation sites (tertiary alicyclic amines) is 1. The zero-order chi connectivity index (χ0) is 14.4. The predicted molar refractivity (Wildman–Crippen MR) is 78.6 cm³/mol. The van der Waals surface area contributed by atoms with Gasteiger partial charge in [0.1, 0.15) is 0 Å². The maximum absolute atomic E-state index is 12.2. The summed E-state index contributed by atoms with van der Waals surface area (Å²) in [7, 11) is 1.64. The standard InChI is InChI=1S/C13H23N3O2S/c1-3-6-10(12(14)19)13(18)15(2)9-11(17)16-7-4-5-8-16/h10H,3-9H2,1-2H3,(H2,14,19). The average Bonchev–Trinajstić information content (AvgIpc) is 2.88. The van der Waals surface area contributed by atoms with Crippen LogP contribution in [0.5, 0.6) is 0 Å². The molecule has 108 valence electrons. The number of likely N-dealkylation sites (N-methyl/N-ethyl adjacent to an activating group) is 1. The van der Waals surface area contributed by atoms with Gasteiger partial charge in [0.15, 0.2) is 0 Å². The monoisotopic (exact) mass is 285 g/mol. The fraction of sp³-hybridized carbons (Fsp3) is 0.769. The van der Waals surface area contributed by atoms with E-state index in [2.05, 4.69) is 0 Å². The Labute approximate surface area is 120 Å². The first-order chi connectivity index (χ1) is 8.97. The lowest BCUT2D eigenvalue weighted by Crippen LogP contribution is -2.44. The molecule has 1 saturated heterocycles. The van der Waals surface area contributed by atoms with Crippen molar-refractivity contribution in [3.63, 3.8) is 0 Å². The van der Waals surface area contributed by atoms with Crippen LogP contribution >= 0.6 is 12.2 Å². The highest BCUT2D eigenvalue weighted by molar-refractivity contribution is 7.80. The molecule has 1 heterocycles. The van der Waals surface area contributed by atoms with Gasteiger partial charge in [0.25, 0.3) is 0 Å². The molecule has 1 aliphatic rings.